The highest BCUT2D eigenvalue weighted by atomic mass is 35.5. The van der Waals surface area contributed by atoms with Crippen molar-refractivity contribution in [3.8, 4) is 23.0 Å². The van der Waals surface area contributed by atoms with Gasteiger partial charge in [0.15, 0.2) is 5.65 Å². The maximum Gasteiger partial charge on any atom is 0.417 e. The van der Waals surface area contributed by atoms with Gasteiger partial charge in [-0.25, -0.2) is 4.98 Å². The number of nitrogens with zero attached hydrogens (tertiary/aromatic N) is 4. The van der Waals surface area contributed by atoms with E-state index in [2.05, 4.69) is 15.1 Å². The zero-order chi connectivity index (χ0) is 23.2. The molecule has 0 atom stereocenters. The lowest BCUT2D eigenvalue weighted by atomic mass is 10.0. The van der Waals surface area contributed by atoms with Gasteiger partial charge in [0.2, 0.25) is 5.82 Å². The molecule has 0 spiro atoms. The monoisotopic (exact) mass is 484 g/mol. The van der Waals surface area contributed by atoms with E-state index < -0.39 is 17.7 Å². The van der Waals surface area contributed by atoms with E-state index in [1.54, 1.807) is 19.1 Å². The number of carboxylic acid groups (broad SMARTS) is 1. The number of rotatable bonds is 5. The lowest BCUT2D eigenvalue weighted by Gasteiger charge is -2.07. The van der Waals surface area contributed by atoms with Crippen LogP contribution in [0.5, 0.6) is 0 Å². The second-order valence-corrected chi connectivity index (χ2v) is 7.82. The van der Waals surface area contributed by atoms with Crippen molar-refractivity contribution < 1.29 is 27.6 Å². The third-order valence-electron chi connectivity index (χ3n) is 4.72. The zero-order valence-corrected chi connectivity index (χ0v) is 17.8. The van der Waals surface area contributed by atoms with Crippen molar-refractivity contribution in [2.24, 2.45) is 0 Å². The minimum Gasteiger partial charge on any atom is -0.481 e. The molecule has 0 aliphatic carbocycles. The highest BCUT2D eigenvalue weighted by Crippen LogP contribution is 2.34. The Balaban J connectivity index is 1.68. The van der Waals surface area contributed by atoms with Crippen molar-refractivity contribution in [3.05, 3.63) is 57.3 Å². The molecule has 0 radical (unpaired) electrons. The molecule has 0 bridgehead atoms. The molecule has 3 aromatic heterocycles. The molecule has 32 heavy (non-hydrogen) atoms. The molecule has 1 N–H and O–H groups in total. The van der Waals surface area contributed by atoms with Crippen molar-refractivity contribution in [3.63, 3.8) is 0 Å². The van der Waals surface area contributed by atoms with Gasteiger partial charge in [-0.15, -0.1) is 0 Å². The average Bonchev–Trinajstić information content (AvgIpc) is 3.34. The van der Waals surface area contributed by atoms with E-state index in [9.17, 15) is 18.0 Å². The number of aromatic nitrogens is 4. The maximum atomic E-state index is 13.0. The quantitative estimate of drug-likeness (QED) is 0.390. The van der Waals surface area contributed by atoms with Gasteiger partial charge in [0, 0.05) is 29.4 Å². The fraction of sp³-hybridized carbons (Fsp3) is 0.200. The second-order valence-electron chi connectivity index (χ2n) is 7.01. The second kappa shape index (κ2) is 8.10. The number of hydrogen-bond donors (Lipinski definition) is 1. The number of aliphatic carboxylic acids is 1. The fourth-order valence-corrected chi connectivity index (χ4v) is 3.68. The summed E-state index contributed by atoms with van der Waals surface area (Å²) in [5, 5.41) is 12.9. The summed E-state index contributed by atoms with van der Waals surface area (Å²) in [7, 11) is 0. The van der Waals surface area contributed by atoms with Crippen molar-refractivity contribution in [2.75, 3.05) is 0 Å². The van der Waals surface area contributed by atoms with Gasteiger partial charge in [-0.3, -0.25) is 4.79 Å². The number of benzene rings is 1. The third-order valence-corrected chi connectivity index (χ3v) is 5.35. The van der Waals surface area contributed by atoms with E-state index in [1.165, 1.54) is 6.20 Å². The van der Waals surface area contributed by atoms with Crippen molar-refractivity contribution in [2.45, 2.75) is 25.9 Å². The van der Waals surface area contributed by atoms with Crippen LogP contribution >= 0.6 is 23.2 Å². The number of fused-ring (bicyclic) bond motifs is 1. The number of carbonyl (C=O) groups is 1. The number of hydrogen-bond acceptors (Lipinski definition) is 5. The Kier molecular flexibility index (Phi) is 5.59. The number of aryl methyl sites for hydroxylation is 2. The minimum absolute atomic E-state index is 0.0544. The number of halogens is 5. The van der Waals surface area contributed by atoms with E-state index in [0.717, 1.165) is 22.2 Å². The first-order valence-electron chi connectivity index (χ1n) is 9.13. The summed E-state index contributed by atoms with van der Waals surface area (Å²) in [5.41, 5.74) is 1.31. The Hall–Kier alpha value is -3.11. The van der Waals surface area contributed by atoms with Gasteiger partial charge in [0.25, 0.3) is 5.89 Å². The molecule has 1 aromatic carbocycles. The topological polar surface area (TPSA) is 93.5 Å². The molecule has 4 aromatic rings. The molecule has 0 amide bonds. The van der Waals surface area contributed by atoms with Gasteiger partial charge in [0.1, 0.15) is 5.69 Å². The summed E-state index contributed by atoms with van der Waals surface area (Å²) in [6.07, 6.45) is -2.16. The van der Waals surface area contributed by atoms with Crippen LogP contribution in [0.3, 0.4) is 0 Å². The summed E-state index contributed by atoms with van der Waals surface area (Å²) in [6.45, 7) is 1.78. The van der Waals surface area contributed by atoms with Crippen LogP contribution in [0, 0.1) is 6.92 Å². The minimum atomic E-state index is -4.56. The van der Waals surface area contributed by atoms with Crippen molar-refractivity contribution >= 4 is 34.8 Å². The summed E-state index contributed by atoms with van der Waals surface area (Å²) in [5.74, 6) is -0.749. The molecule has 166 valence electrons. The van der Waals surface area contributed by atoms with Crippen LogP contribution in [0.25, 0.3) is 28.6 Å². The molecule has 0 saturated heterocycles. The lowest BCUT2D eigenvalue weighted by molar-refractivity contribution is -0.138. The highest BCUT2D eigenvalue weighted by molar-refractivity contribution is 6.33. The Morgan fingerprint density at radius 1 is 1.16 bits per heavy atom. The Bertz CT molecular complexity index is 1350. The first-order chi connectivity index (χ1) is 15.0. The summed E-state index contributed by atoms with van der Waals surface area (Å²) in [6, 6.07) is 4.14. The summed E-state index contributed by atoms with van der Waals surface area (Å²) in [4.78, 5) is 19.3. The largest absolute Gasteiger partial charge is 0.481 e. The number of pyridine rings is 1. The molecule has 0 aliphatic rings. The summed E-state index contributed by atoms with van der Waals surface area (Å²) >= 11 is 12.2. The fourth-order valence-electron chi connectivity index (χ4n) is 3.16. The standard InChI is InChI=1S/C20H13Cl2F3N4O3/c1-9-4-10(2-3-16(30)31)13(21)6-12(9)19-27-17(28-32-19)15-8-29-7-11(20(23,24)25)5-14(22)18(29)26-15/h4-8H,2-3H2,1H3,(H,30,31). The van der Waals surface area contributed by atoms with E-state index >= 15 is 0 Å². The van der Waals surface area contributed by atoms with E-state index in [1.807, 2.05) is 0 Å². The average molecular weight is 485 g/mol. The van der Waals surface area contributed by atoms with Crippen molar-refractivity contribution in [1.82, 2.24) is 19.5 Å². The molecule has 0 aliphatic heterocycles. The first kappa shape index (κ1) is 22.1. The van der Waals surface area contributed by atoms with E-state index in [4.69, 9.17) is 32.8 Å². The van der Waals surface area contributed by atoms with Gasteiger partial charge in [-0.05, 0) is 36.6 Å². The van der Waals surface area contributed by atoms with Crippen LogP contribution in [0.4, 0.5) is 13.2 Å². The number of imidazole rings is 1. The molecule has 4 rings (SSSR count). The Labute approximate surface area is 188 Å². The SMILES string of the molecule is Cc1cc(CCC(=O)O)c(Cl)cc1-c1nc(-c2cn3cc(C(F)(F)F)cc(Cl)c3n2)no1. The zero-order valence-electron chi connectivity index (χ0n) is 16.2. The molecular weight excluding hydrogens is 472 g/mol. The molecule has 0 fully saturated rings. The van der Waals surface area contributed by atoms with Crippen molar-refractivity contribution in [1.29, 1.82) is 0 Å². The van der Waals surface area contributed by atoms with Crippen LogP contribution in [0.1, 0.15) is 23.1 Å². The van der Waals surface area contributed by atoms with Crippen LogP contribution in [0.15, 0.2) is 35.1 Å². The Morgan fingerprint density at radius 2 is 1.91 bits per heavy atom. The van der Waals surface area contributed by atoms with Crippen LogP contribution in [0.2, 0.25) is 10.0 Å². The van der Waals surface area contributed by atoms with Gasteiger partial charge in [-0.2, -0.15) is 18.2 Å². The Morgan fingerprint density at radius 3 is 2.59 bits per heavy atom. The highest BCUT2D eigenvalue weighted by Gasteiger charge is 2.32. The van der Waals surface area contributed by atoms with Gasteiger partial charge in [0.05, 0.1) is 10.6 Å². The molecule has 7 nitrogen and oxygen atoms in total. The maximum absolute atomic E-state index is 13.0. The molecule has 12 heteroatoms. The smallest absolute Gasteiger partial charge is 0.417 e. The van der Waals surface area contributed by atoms with Crippen LogP contribution in [-0.2, 0) is 17.4 Å². The molecular formula is C20H13Cl2F3N4O3. The van der Waals surface area contributed by atoms with Gasteiger partial charge in [-0.1, -0.05) is 34.4 Å². The molecule has 3 heterocycles. The third kappa shape index (κ3) is 4.28. The molecule has 0 saturated carbocycles. The predicted molar refractivity (Wildman–Crippen MR) is 110 cm³/mol. The van der Waals surface area contributed by atoms with Gasteiger partial charge >= 0.3 is 12.1 Å². The predicted octanol–water partition coefficient (Wildman–Crippen LogP) is 5.70. The van der Waals surface area contributed by atoms with Crippen LogP contribution < -0.4 is 0 Å². The lowest BCUT2D eigenvalue weighted by Crippen LogP contribution is -2.06. The number of alkyl halides is 3. The first-order valence-corrected chi connectivity index (χ1v) is 9.89. The molecule has 0 unspecified atom stereocenters. The van der Waals surface area contributed by atoms with Gasteiger partial charge < -0.3 is 14.0 Å². The summed E-state index contributed by atoms with van der Waals surface area (Å²) < 4.78 is 45.5. The normalized spacial score (nSPS) is 11.9. The van der Waals surface area contributed by atoms with Crippen LogP contribution in [-0.4, -0.2) is 30.6 Å². The van der Waals surface area contributed by atoms with E-state index in [0.29, 0.717) is 16.1 Å². The number of carboxylic acids is 1. The van der Waals surface area contributed by atoms with E-state index in [-0.39, 0.29) is 40.9 Å².